The first-order valence-corrected chi connectivity index (χ1v) is 10.2. The van der Waals surface area contributed by atoms with Crippen molar-refractivity contribution in [2.24, 2.45) is 0 Å². The predicted octanol–water partition coefficient (Wildman–Crippen LogP) is 3.83. The van der Waals surface area contributed by atoms with Crippen LogP contribution in [0.5, 0.6) is 0 Å². The molecule has 2 aromatic carbocycles. The first kappa shape index (κ1) is 23.5. The van der Waals surface area contributed by atoms with Crippen molar-refractivity contribution in [2.45, 2.75) is 19.6 Å². The number of anilines is 2. The molecule has 3 N–H and O–H groups in total. The molecule has 4 rings (SSSR count). The summed E-state index contributed by atoms with van der Waals surface area (Å²) in [5.74, 6) is -1.73. The quantitative estimate of drug-likeness (QED) is 0.395. The van der Waals surface area contributed by atoms with Crippen molar-refractivity contribution in [3.63, 3.8) is 0 Å². The van der Waals surface area contributed by atoms with Crippen molar-refractivity contribution >= 4 is 34.1 Å². The van der Waals surface area contributed by atoms with Gasteiger partial charge in [-0.25, -0.2) is 4.79 Å². The number of H-pyrrole nitrogens is 1. The SMILES string of the molecule is CCn1c(=O)[nH]c2cc(C(=O)Nc3ccc(NC(=O)c4ccco4)cc3C(F)(F)F)ccc2c1=O. The smallest absolute Gasteiger partial charge is 0.418 e. The van der Waals surface area contributed by atoms with Crippen LogP contribution in [0.4, 0.5) is 24.5 Å². The van der Waals surface area contributed by atoms with Crippen LogP contribution in [-0.2, 0) is 12.7 Å². The van der Waals surface area contributed by atoms with Gasteiger partial charge in [-0.05, 0) is 55.5 Å². The number of rotatable bonds is 5. The molecule has 0 unspecified atom stereocenters. The largest absolute Gasteiger partial charge is 0.459 e. The zero-order chi connectivity index (χ0) is 25.3. The van der Waals surface area contributed by atoms with Gasteiger partial charge in [0.05, 0.1) is 28.4 Å². The van der Waals surface area contributed by atoms with Crippen LogP contribution in [0.15, 0.2) is 68.8 Å². The standard InChI is InChI=1S/C23H17F3N4O5/c1-2-30-21(33)14-7-5-12(10-17(14)29-22(30)34)19(31)28-16-8-6-13(11-15(16)23(24,25)26)27-20(32)18-4-3-9-35-18/h3-11H,2H2,1H3,(H,27,32)(H,28,31)(H,29,34). The number of halogens is 3. The van der Waals surface area contributed by atoms with E-state index >= 15 is 0 Å². The van der Waals surface area contributed by atoms with Crippen molar-refractivity contribution in [2.75, 3.05) is 10.6 Å². The highest BCUT2D eigenvalue weighted by Crippen LogP contribution is 2.37. The summed E-state index contributed by atoms with van der Waals surface area (Å²) in [7, 11) is 0. The van der Waals surface area contributed by atoms with Gasteiger partial charge in [0.25, 0.3) is 17.4 Å². The molecule has 12 heteroatoms. The summed E-state index contributed by atoms with van der Waals surface area (Å²) in [6.07, 6.45) is -3.61. The predicted molar refractivity (Wildman–Crippen MR) is 121 cm³/mol. The number of alkyl halides is 3. The molecule has 4 aromatic rings. The summed E-state index contributed by atoms with van der Waals surface area (Å²) >= 11 is 0. The molecule has 9 nitrogen and oxygen atoms in total. The van der Waals surface area contributed by atoms with Gasteiger partial charge < -0.3 is 20.0 Å². The van der Waals surface area contributed by atoms with Gasteiger partial charge in [-0.2, -0.15) is 13.2 Å². The van der Waals surface area contributed by atoms with E-state index in [0.717, 1.165) is 10.6 Å². The lowest BCUT2D eigenvalue weighted by Gasteiger charge is -2.16. The molecule has 180 valence electrons. The lowest BCUT2D eigenvalue weighted by Crippen LogP contribution is -2.34. The van der Waals surface area contributed by atoms with Crippen LogP contribution in [0.1, 0.15) is 33.4 Å². The molecule has 0 bridgehead atoms. The number of nitrogens with zero attached hydrogens (tertiary/aromatic N) is 1. The van der Waals surface area contributed by atoms with Gasteiger partial charge in [0.15, 0.2) is 5.76 Å². The fourth-order valence-electron chi connectivity index (χ4n) is 3.44. The monoisotopic (exact) mass is 486 g/mol. The van der Waals surface area contributed by atoms with E-state index in [1.165, 1.54) is 42.7 Å². The summed E-state index contributed by atoms with van der Waals surface area (Å²) < 4.78 is 47.0. The highest BCUT2D eigenvalue weighted by molar-refractivity contribution is 6.07. The molecular formula is C23H17F3N4O5. The number of aromatic nitrogens is 2. The molecule has 2 amide bonds. The third kappa shape index (κ3) is 4.71. The van der Waals surface area contributed by atoms with Crippen LogP contribution in [0.25, 0.3) is 10.9 Å². The molecule has 0 aliphatic rings. The molecule has 0 fully saturated rings. The first-order valence-electron chi connectivity index (χ1n) is 10.2. The van der Waals surface area contributed by atoms with E-state index in [1.807, 2.05) is 0 Å². The third-order valence-electron chi connectivity index (χ3n) is 5.14. The topological polar surface area (TPSA) is 126 Å². The Morgan fingerprint density at radius 2 is 1.80 bits per heavy atom. The normalized spacial score (nSPS) is 11.4. The average Bonchev–Trinajstić information content (AvgIpc) is 3.34. The number of fused-ring (bicyclic) bond motifs is 1. The summed E-state index contributed by atoms with van der Waals surface area (Å²) in [5, 5.41) is 4.64. The fraction of sp³-hybridized carbons (Fsp3) is 0.130. The number of nitrogens with one attached hydrogen (secondary N) is 3. The lowest BCUT2D eigenvalue weighted by molar-refractivity contribution is -0.136. The van der Waals surface area contributed by atoms with Gasteiger partial charge in [-0.1, -0.05) is 0 Å². The van der Waals surface area contributed by atoms with Crippen molar-refractivity contribution < 1.29 is 27.2 Å². The van der Waals surface area contributed by atoms with Crippen molar-refractivity contribution in [3.8, 4) is 0 Å². The Bertz CT molecular complexity index is 1550. The molecule has 0 aliphatic heterocycles. The molecule has 35 heavy (non-hydrogen) atoms. The Hall–Kier alpha value is -4.61. The Morgan fingerprint density at radius 3 is 2.46 bits per heavy atom. The van der Waals surface area contributed by atoms with Crippen molar-refractivity contribution in [1.29, 1.82) is 0 Å². The van der Waals surface area contributed by atoms with Crippen LogP contribution >= 0.6 is 0 Å². The molecule has 2 heterocycles. The second-order valence-corrected chi connectivity index (χ2v) is 7.38. The minimum absolute atomic E-state index is 0.0735. The van der Waals surface area contributed by atoms with Gasteiger partial charge in [-0.15, -0.1) is 0 Å². The molecule has 2 aromatic heterocycles. The second kappa shape index (κ2) is 8.97. The minimum Gasteiger partial charge on any atom is -0.459 e. The maximum atomic E-state index is 13.7. The summed E-state index contributed by atoms with van der Waals surface area (Å²) in [6.45, 7) is 1.76. The zero-order valence-corrected chi connectivity index (χ0v) is 18.0. The van der Waals surface area contributed by atoms with Gasteiger partial charge in [-0.3, -0.25) is 19.0 Å². The Morgan fingerprint density at radius 1 is 1.03 bits per heavy atom. The Kier molecular flexibility index (Phi) is 6.03. The van der Waals surface area contributed by atoms with Crippen LogP contribution < -0.4 is 21.9 Å². The fourth-order valence-corrected chi connectivity index (χ4v) is 3.44. The molecule has 0 spiro atoms. The summed E-state index contributed by atoms with van der Waals surface area (Å²) in [4.78, 5) is 51.7. The van der Waals surface area contributed by atoms with E-state index < -0.39 is 40.5 Å². The van der Waals surface area contributed by atoms with Gasteiger partial charge in [0.1, 0.15) is 0 Å². The average molecular weight is 486 g/mol. The number of aromatic amines is 1. The third-order valence-corrected chi connectivity index (χ3v) is 5.14. The minimum atomic E-state index is -4.85. The van der Waals surface area contributed by atoms with E-state index in [1.54, 1.807) is 6.92 Å². The summed E-state index contributed by atoms with van der Waals surface area (Å²) in [6, 6.07) is 9.47. The van der Waals surface area contributed by atoms with Crippen molar-refractivity contribution in [1.82, 2.24) is 9.55 Å². The maximum absolute atomic E-state index is 13.7. The maximum Gasteiger partial charge on any atom is 0.418 e. The Balaban J connectivity index is 1.64. The van der Waals surface area contributed by atoms with Crippen molar-refractivity contribution in [3.05, 3.63) is 92.5 Å². The molecule has 0 radical (unpaired) electrons. The van der Waals surface area contributed by atoms with E-state index in [9.17, 15) is 32.3 Å². The van der Waals surface area contributed by atoms with E-state index in [2.05, 4.69) is 15.6 Å². The summed E-state index contributed by atoms with van der Waals surface area (Å²) in [5.41, 5.74) is -3.13. The Labute approximate surface area is 194 Å². The van der Waals surface area contributed by atoms with E-state index in [-0.39, 0.29) is 34.5 Å². The first-order chi connectivity index (χ1) is 16.6. The number of hydrogen-bond acceptors (Lipinski definition) is 5. The number of furan rings is 1. The molecule has 0 saturated carbocycles. The van der Waals surface area contributed by atoms with Gasteiger partial charge in [0, 0.05) is 17.8 Å². The van der Waals surface area contributed by atoms with E-state index in [4.69, 9.17) is 4.42 Å². The van der Waals surface area contributed by atoms with E-state index in [0.29, 0.717) is 6.07 Å². The molecule has 0 atom stereocenters. The molecular weight excluding hydrogens is 469 g/mol. The van der Waals surface area contributed by atoms with Crippen LogP contribution in [0.2, 0.25) is 0 Å². The number of carbonyl (C=O) groups excluding carboxylic acids is 2. The highest BCUT2D eigenvalue weighted by atomic mass is 19.4. The van der Waals surface area contributed by atoms with Crippen LogP contribution in [0.3, 0.4) is 0 Å². The number of carbonyl (C=O) groups is 2. The number of hydrogen-bond donors (Lipinski definition) is 3. The molecule has 0 aliphatic carbocycles. The molecule has 0 saturated heterocycles. The lowest BCUT2D eigenvalue weighted by atomic mass is 10.1. The highest BCUT2D eigenvalue weighted by Gasteiger charge is 2.34. The number of amides is 2. The van der Waals surface area contributed by atoms with Gasteiger partial charge >= 0.3 is 11.9 Å². The zero-order valence-electron chi connectivity index (χ0n) is 18.0. The van der Waals surface area contributed by atoms with Crippen LogP contribution in [0, 0.1) is 0 Å². The second-order valence-electron chi connectivity index (χ2n) is 7.38. The van der Waals surface area contributed by atoms with Crippen LogP contribution in [-0.4, -0.2) is 21.4 Å². The van der Waals surface area contributed by atoms with Gasteiger partial charge in [0.2, 0.25) is 0 Å². The number of benzene rings is 2.